The molecule has 1 aliphatic heterocycles. The average Bonchev–Trinajstić information content (AvgIpc) is 2.98. The monoisotopic (exact) mass is 288 g/mol. The number of aromatic nitrogens is 1. The average molecular weight is 288 g/mol. The highest BCUT2D eigenvalue weighted by Gasteiger charge is 2.20. The van der Waals surface area contributed by atoms with Gasteiger partial charge in [-0.1, -0.05) is 29.5 Å². The lowest BCUT2D eigenvalue weighted by Gasteiger charge is -2.35. The molecule has 0 saturated carbocycles. The molecule has 1 aromatic heterocycles. The van der Waals surface area contributed by atoms with Crippen LogP contribution in [-0.4, -0.2) is 37.1 Å². The summed E-state index contributed by atoms with van der Waals surface area (Å²) in [7, 11) is 0. The molecule has 6 heteroatoms. The summed E-state index contributed by atoms with van der Waals surface area (Å²) in [5.74, 6) is -0.406. The van der Waals surface area contributed by atoms with E-state index in [4.69, 9.17) is 5.73 Å². The normalized spacial score (nSPS) is 15.4. The minimum Gasteiger partial charge on any atom is -0.368 e. The topological polar surface area (TPSA) is 62.5 Å². The van der Waals surface area contributed by atoms with E-state index in [0.717, 1.165) is 31.3 Å². The maximum atomic E-state index is 11.1. The Bertz CT molecular complexity index is 590. The van der Waals surface area contributed by atoms with Gasteiger partial charge in [0.25, 0.3) is 5.91 Å². The predicted molar refractivity (Wildman–Crippen MR) is 81.5 cm³/mol. The van der Waals surface area contributed by atoms with Crippen molar-refractivity contribution >= 4 is 28.1 Å². The van der Waals surface area contributed by atoms with Crippen LogP contribution in [0.5, 0.6) is 0 Å². The van der Waals surface area contributed by atoms with E-state index in [1.165, 1.54) is 17.0 Å². The molecule has 3 rings (SSSR count). The summed E-state index contributed by atoms with van der Waals surface area (Å²) in [5.41, 5.74) is 6.51. The number of piperazine rings is 1. The van der Waals surface area contributed by atoms with Gasteiger partial charge >= 0.3 is 0 Å². The fourth-order valence-electron chi connectivity index (χ4n) is 2.32. The van der Waals surface area contributed by atoms with Crippen molar-refractivity contribution in [3.8, 4) is 0 Å². The maximum absolute atomic E-state index is 11.1. The number of nitrogens with two attached hydrogens (primary N) is 1. The number of carbonyl (C=O) groups excluding carboxylic acids is 1. The second kappa shape index (κ2) is 5.50. The van der Waals surface area contributed by atoms with Crippen LogP contribution in [0.15, 0.2) is 36.5 Å². The number of rotatable bonds is 3. The molecular formula is C14H16N4OS. The highest BCUT2D eigenvalue weighted by Crippen LogP contribution is 2.24. The smallest absolute Gasteiger partial charge is 0.260 e. The van der Waals surface area contributed by atoms with Crippen LogP contribution in [0.1, 0.15) is 9.67 Å². The van der Waals surface area contributed by atoms with E-state index in [9.17, 15) is 4.79 Å². The van der Waals surface area contributed by atoms with Crippen molar-refractivity contribution < 1.29 is 4.79 Å². The standard InChI is InChI=1S/C14H16N4OS/c15-13(19)12-10-16-14(20-12)18-8-6-17(7-9-18)11-4-2-1-3-5-11/h1-5,10H,6-9H2,(H2,15,19). The Kier molecular flexibility index (Phi) is 3.56. The first-order valence-electron chi connectivity index (χ1n) is 6.54. The minimum atomic E-state index is -0.406. The molecule has 0 aliphatic carbocycles. The molecule has 2 heterocycles. The quantitative estimate of drug-likeness (QED) is 0.931. The van der Waals surface area contributed by atoms with Crippen molar-refractivity contribution in [3.63, 3.8) is 0 Å². The largest absolute Gasteiger partial charge is 0.368 e. The van der Waals surface area contributed by atoms with Crippen molar-refractivity contribution in [2.24, 2.45) is 5.73 Å². The molecule has 0 radical (unpaired) electrons. The zero-order valence-corrected chi connectivity index (χ0v) is 11.8. The number of benzene rings is 1. The van der Waals surface area contributed by atoms with Crippen LogP contribution in [0.4, 0.5) is 10.8 Å². The van der Waals surface area contributed by atoms with Crippen LogP contribution in [0.2, 0.25) is 0 Å². The molecule has 0 atom stereocenters. The highest BCUT2D eigenvalue weighted by atomic mass is 32.1. The SMILES string of the molecule is NC(=O)c1cnc(N2CCN(c3ccccc3)CC2)s1. The number of anilines is 2. The predicted octanol–water partition coefficient (Wildman–Crippen LogP) is 1.57. The Morgan fingerprint density at radius 1 is 1.10 bits per heavy atom. The van der Waals surface area contributed by atoms with Crippen LogP contribution >= 0.6 is 11.3 Å². The Labute approximate surface area is 121 Å². The fraction of sp³-hybridized carbons (Fsp3) is 0.286. The summed E-state index contributed by atoms with van der Waals surface area (Å²) in [6, 6.07) is 10.4. The summed E-state index contributed by atoms with van der Waals surface area (Å²) >= 11 is 1.37. The van der Waals surface area contributed by atoms with Gasteiger partial charge in [0.1, 0.15) is 4.88 Å². The number of hydrogen-bond acceptors (Lipinski definition) is 5. The molecule has 1 aromatic carbocycles. The van der Waals surface area contributed by atoms with Crippen molar-refractivity contribution in [3.05, 3.63) is 41.4 Å². The second-order valence-electron chi connectivity index (χ2n) is 4.68. The highest BCUT2D eigenvalue weighted by molar-refractivity contribution is 7.17. The van der Waals surface area contributed by atoms with Gasteiger partial charge < -0.3 is 15.5 Å². The van der Waals surface area contributed by atoms with E-state index in [1.54, 1.807) is 6.20 Å². The molecule has 0 spiro atoms. The second-order valence-corrected chi connectivity index (χ2v) is 5.69. The van der Waals surface area contributed by atoms with Gasteiger partial charge in [-0.15, -0.1) is 0 Å². The van der Waals surface area contributed by atoms with Crippen molar-refractivity contribution in [2.45, 2.75) is 0 Å². The van der Waals surface area contributed by atoms with Gasteiger partial charge in [-0.3, -0.25) is 4.79 Å². The number of amides is 1. The zero-order valence-electron chi connectivity index (χ0n) is 11.0. The Hall–Kier alpha value is -2.08. The molecule has 2 N–H and O–H groups in total. The van der Waals surface area contributed by atoms with Gasteiger partial charge in [-0.25, -0.2) is 4.98 Å². The molecule has 1 fully saturated rings. The molecule has 1 aliphatic rings. The van der Waals surface area contributed by atoms with Gasteiger partial charge in [0.2, 0.25) is 0 Å². The molecule has 20 heavy (non-hydrogen) atoms. The number of primary amides is 1. The van der Waals surface area contributed by atoms with Crippen LogP contribution in [0, 0.1) is 0 Å². The lowest BCUT2D eigenvalue weighted by Crippen LogP contribution is -2.46. The third-order valence-electron chi connectivity index (χ3n) is 3.41. The maximum Gasteiger partial charge on any atom is 0.260 e. The Morgan fingerprint density at radius 2 is 1.75 bits per heavy atom. The third kappa shape index (κ3) is 2.60. The van der Waals surface area contributed by atoms with Gasteiger partial charge in [-0.05, 0) is 12.1 Å². The molecule has 1 saturated heterocycles. The third-order valence-corrected chi connectivity index (χ3v) is 4.48. The summed E-state index contributed by atoms with van der Waals surface area (Å²) in [5, 5.41) is 0.881. The summed E-state index contributed by atoms with van der Waals surface area (Å²) in [6.07, 6.45) is 1.56. The summed E-state index contributed by atoms with van der Waals surface area (Å²) in [6.45, 7) is 3.71. The minimum absolute atomic E-state index is 0.406. The number of thiazole rings is 1. The molecular weight excluding hydrogens is 272 g/mol. The van der Waals surface area contributed by atoms with E-state index in [1.807, 2.05) is 6.07 Å². The van der Waals surface area contributed by atoms with Gasteiger partial charge in [0, 0.05) is 31.9 Å². The summed E-state index contributed by atoms with van der Waals surface area (Å²) in [4.78, 5) is 20.5. The molecule has 2 aromatic rings. The molecule has 104 valence electrons. The zero-order chi connectivity index (χ0) is 13.9. The first-order chi connectivity index (χ1) is 9.74. The number of para-hydroxylation sites is 1. The van der Waals surface area contributed by atoms with Crippen molar-refractivity contribution in [1.82, 2.24) is 4.98 Å². The van der Waals surface area contributed by atoms with Gasteiger partial charge in [0.15, 0.2) is 5.13 Å². The van der Waals surface area contributed by atoms with Gasteiger partial charge in [0.05, 0.1) is 6.20 Å². The first-order valence-corrected chi connectivity index (χ1v) is 7.36. The summed E-state index contributed by atoms with van der Waals surface area (Å²) < 4.78 is 0. The number of hydrogen-bond donors (Lipinski definition) is 1. The van der Waals surface area contributed by atoms with E-state index < -0.39 is 5.91 Å². The van der Waals surface area contributed by atoms with E-state index >= 15 is 0 Å². The lowest BCUT2D eigenvalue weighted by atomic mass is 10.2. The molecule has 0 bridgehead atoms. The number of nitrogens with zero attached hydrogens (tertiary/aromatic N) is 3. The van der Waals surface area contributed by atoms with Gasteiger partial charge in [-0.2, -0.15) is 0 Å². The van der Waals surface area contributed by atoms with Crippen molar-refractivity contribution in [2.75, 3.05) is 36.0 Å². The number of carbonyl (C=O) groups is 1. The molecule has 0 unspecified atom stereocenters. The Morgan fingerprint density at radius 3 is 2.35 bits per heavy atom. The first kappa shape index (κ1) is 12.9. The van der Waals surface area contributed by atoms with Crippen molar-refractivity contribution in [1.29, 1.82) is 0 Å². The Balaban J connectivity index is 1.65. The van der Waals surface area contributed by atoms with E-state index in [2.05, 4.69) is 39.0 Å². The van der Waals surface area contributed by atoms with Crippen LogP contribution in [-0.2, 0) is 0 Å². The lowest BCUT2D eigenvalue weighted by molar-refractivity contribution is 0.100. The van der Waals surface area contributed by atoms with E-state index in [0.29, 0.717) is 4.88 Å². The van der Waals surface area contributed by atoms with Crippen LogP contribution in [0.3, 0.4) is 0 Å². The van der Waals surface area contributed by atoms with Crippen LogP contribution < -0.4 is 15.5 Å². The van der Waals surface area contributed by atoms with Crippen LogP contribution in [0.25, 0.3) is 0 Å². The fourth-order valence-corrected chi connectivity index (χ4v) is 3.14. The van der Waals surface area contributed by atoms with E-state index in [-0.39, 0.29) is 0 Å². The molecule has 5 nitrogen and oxygen atoms in total. The molecule has 1 amide bonds.